The molecule has 0 saturated carbocycles. The lowest BCUT2D eigenvalue weighted by Crippen LogP contribution is -2.16. The number of fused-ring (bicyclic) bond motifs is 3. The number of pyridine rings is 1. The fourth-order valence-corrected chi connectivity index (χ4v) is 2.43. The summed E-state index contributed by atoms with van der Waals surface area (Å²) < 4.78 is 1.77. The van der Waals surface area contributed by atoms with E-state index in [0.717, 1.165) is 11.0 Å². The molecule has 0 fully saturated rings. The molecule has 112 valence electrons. The normalized spacial score (nSPS) is 11.0. The summed E-state index contributed by atoms with van der Waals surface area (Å²) in [5, 5.41) is 2.74. The second-order valence-electron chi connectivity index (χ2n) is 5.00. The lowest BCUT2D eigenvalue weighted by molar-refractivity contribution is 0.102. The topological polar surface area (TPSA) is 98.2 Å². The molecule has 0 aliphatic rings. The molecular weight excluding hydrogens is 292 g/mol. The van der Waals surface area contributed by atoms with E-state index in [9.17, 15) is 4.79 Å². The Balaban J connectivity index is 1.81. The Bertz CT molecular complexity index is 1020. The first-order valence-corrected chi connectivity index (χ1v) is 6.97. The summed E-state index contributed by atoms with van der Waals surface area (Å²) in [6.07, 6.45) is 4.83. The van der Waals surface area contributed by atoms with Crippen LogP contribution in [0.2, 0.25) is 0 Å². The third kappa shape index (κ3) is 2.24. The molecule has 0 saturated heterocycles. The van der Waals surface area contributed by atoms with Gasteiger partial charge in [0.2, 0.25) is 0 Å². The number of hydrogen-bond donors (Lipinski definition) is 2. The van der Waals surface area contributed by atoms with Crippen molar-refractivity contribution in [2.75, 3.05) is 11.1 Å². The van der Waals surface area contributed by atoms with Crippen molar-refractivity contribution in [1.29, 1.82) is 0 Å². The Labute approximate surface area is 130 Å². The van der Waals surface area contributed by atoms with Gasteiger partial charge >= 0.3 is 0 Å². The molecule has 3 heterocycles. The van der Waals surface area contributed by atoms with Crippen molar-refractivity contribution in [1.82, 2.24) is 19.4 Å². The highest BCUT2D eigenvalue weighted by molar-refractivity contribution is 6.03. The fraction of sp³-hybridized carbons (Fsp3) is 0. The molecule has 1 aromatic carbocycles. The van der Waals surface area contributed by atoms with Crippen LogP contribution in [0, 0.1) is 0 Å². The molecule has 4 aromatic rings. The summed E-state index contributed by atoms with van der Waals surface area (Å²) in [5.41, 5.74) is 8.96. The maximum absolute atomic E-state index is 12.4. The number of amides is 1. The zero-order valence-corrected chi connectivity index (χ0v) is 12.0. The van der Waals surface area contributed by atoms with Crippen LogP contribution in [0.3, 0.4) is 0 Å². The minimum atomic E-state index is -0.357. The number of hydrogen-bond acceptors (Lipinski definition) is 5. The number of aromatic nitrogens is 4. The highest BCUT2D eigenvalue weighted by Crippen LogP contribution is 2.20. The van der Waals surface area contributed by atoms with Crippen molar-refractivity contribution in [3.8, 4) is 0 Å². The predicted molar refractivity (Wildman–Crippen MR) is 87.1 cm³/mol. The van der Waals surface area contributed by atoms with Gasteiger partial charge in [0.1, 0.15) is 5.69 Å². The number of nitrogen functional groups attached to an aromatic ring is 1. The SMILES string of the molecule is Nc1nc(C(=O)Nc2cccnc2)cn2c1nc1ccccc12. The number of imidazole rings is 1. The van der Waals surface area contributed by atoms with Crippen LogP contribution in [-0.2, 0) is 0 Å². The molecule has 4 rings (SSSR count). The summed E-state index contributed by atoms with van der Waals surface area (Å²) in [7, 11) is 0. The van der Waals surface area contributed by atoms with Gasteiger partial charge in [0, 0.05) is 12.4 Å². The van der Waals surface area contributed by atoms with Crippen LogP contribution in [0.1, 0.15) is 10.5 Å². The summed E-state index contributed by atoms with van der Waals surface area (Å²) in [6, 6.07) is 11.1. The fourth-order valence-electron chi connectivity index (χ4n) is 2.43. The van der Waals surface area contributed by atoms with E-state index in [-0.39, 0.29) is 17.4 Å². The molecule has 0 spiro atoms. The Hall–Kier alpha value is -3.48. The van der Waals surface area contributed by atoms with E-state index in [1.54, 1.807) is 35.1 Å². The smallest absolute Gasteiger partial charge is 0.275 e. The van der Waals surface area contributed by atoms with Gasteiger partial charge in [-0.25, -0.2) is 9.97 Å². The van der Waals surface area contributed by atoms with Gasteiger partial charge in [-0.1, -0.05) is 12.1 Å². The van der Waals surface area contributed by atoms with Gasteiger partial charge in [-0.2, -0.15) is 0 Å². The largest absolute Gasteiger partial charge is 0.381 e. The van der Waals surface area contributed by atoms with Crippen molar-refractivity contribution in [2.45, 2.75) is 0 Å². The number of benzene rings is 1. The average molecular weight is 304 g/mol. The van der Waals surface area contributed by atoms with E-state index < -0.39 is 0 Å². The van der Waals surface area contributed by atoms with Gasteiger partial charge in [-0.15, -0.1) is 0 Å². The maximum Gasteiger partial charge on any atom is 0.275 e. The van der Waals surface area contributed by atoms with E-state index in [1.807, 2.05) is 24.3 Å². The molecule has 0 aliphatic carbocycles. The second-order valence-corrected chi connectivity index (χ2v) is 5.00. The molecule has 0 unspecified atom stereocenters. The van der Waals surface area contributed by atoms with Crippen molar-refractivity contribution in [3.63, 3.8) is 0 Å². The van der Waals surface area contributed by atoms with Crippen LogP contribution >= 0.6 is 0 Å². The number of para-hydroxylation sites is 2. The number of nitrogens with one attached hydrogen (secondary N) is 1. The standard InChI is InChI=1S/C16H12N6O/c17-14-15-21-11-5-1-2-6-13(11)22(15)9-12(20-14)16(23)19-10-4-3-7-18-8-10/h1-9H,(H2,17,20)(H,19,23). The third-order valence-corrected chi connectivity index (χ3v) is 3.47. The van der Waals surface area contributed by atoms with E-state index in [1.165, 1.54) is 0 Å². The van der Waals surface area contributed by atoms with Gasteiger partial charge in [0.15, 0.2) is 11.5 Å². The number of nitrogens with two attached hydrogens (primary N) is 1. The van der Waals surface area contributed by atoms with Gasteiger partial charge in [0.05, 0.1) is 22.9 Å². The molecule has 7 heteroatoms. The minimum absolute atomic E-state index is 0.208. The number of carbonyl (C=O) groups is 1. The number of rotatable bonds is 2. The Morgan fingerprint density at radius 2 is 2.00 bits per heavy atom. The average Bonchev–Trinajstić information content (AvgIpc) is 2.95. The van der Waals surface area contributed by atoms with E-state index in [2.05, 4.69) is 20.3 Å². The zero-order chi connectivity index (χ0) is 15.8. The predicted octanol–water partition coefficient (Wildman–Crippen LogP) is 2.11. The van der Waals surface area contributed by atoms with Crippen LogP contribution < -0.4 is 11.1 Å². The number of carbonyl (C=O) groups excluding carboxylic acids is 1. The summed E-state index contributed by atoms with van der Waals surface area (Å²) >= 11 is 0. The minimum Gasteiger partial charge on any atom is -0.381 e. The molecule has 0 bridgehead atoms. The monoisotopic (exact) mass is 304 g/mol. The van der Waals surface area contributed by atoms with Crippen LogP contribution in [0.15, 0.2) is 55.0 Å². The summed E-state index contributed by atoms with van der Waals surface area (Å²) in [6.45, 7) is 0. The quantitative estimate of drug-likeness (QED) is 0.591. The number of anilines is 2. The molecule has 7 nitrogen and oxygen atoms in total. The molecule has 3 aromatic heterocycles. The molecule has 1 amide bonds. The Morgan fingerprint density at radius 3 is 2.83 bits per heavy atom. The zero-order valence-electron chi connectivity index (χ0n) is 12.0. The molecule has 0 aliphatic heterocycles. The molecule has 23 heavy (non-hydrogen) atoms. The first kappa shape index (κ1) is 13.2. The number of nitrogens with zero attached hydrogens (tertiary/aromatic N) is 4. The Kier molecular flexibility index (Phi) is 2.90. The van der Waals surface area contributed by atoms with Crippen molar-refractivity contribution in [3.05, 3.63) is 60.7 Å². The van der Waals surface area contributed by atoms with Crippen LogP contribution in [0.25, 0.3) is 16.7 Å². The molecule has 3 N–H and O–H groups in total. The maximum atomic E-state index is 12.4. The van der Waals surface area contributed by atoms with Gasteiger partial charge < -0.3 is 11.1 Å². The van der Waals surface area contributed by atoms with Crippen LogP contribution in [0.5, 0.6) is 0 Å². The lowest BCUT2D eigenvalue weighted by Gasteiger charge is -2.06. The van der Waals surface area contributed by atoms with E-state index >= 15 is 0 Å². The highest BCUT2D eigenvalue weighted by Gasteiger charge is 2.14. The lowest BCUT2D eigenvalue weighted by atomic mass is 10.3. The van der Waals surface area contributed by atoms with Gasteiger partial charge in [0.25, 0.3) is 5.91 Å². The second kappa shape index (κ2) is 5.06. The van der Waals surface area contributed by atoms with Crippen molar-refractivity contribution in [2.24, 2.45) is 0 Å². The van der Waals surface area contributed by atoms with Gasteiger partial charge in [-0.3, -0.25) is 14.2 Å². The molecule has 0 radical (unpaired) electrons. The van der Waals surface area contributed by atoms with Crippen molar-refractivity contribution >= 4 is 34.1 Å². The summed E-state index contributed by atoms with van der Waals surface area (Å²) in [4.78, 5) is 24.9. The van der Waals surface area contributed by atoms with Crippen LogP contribution in [-0.4, -0.2) is 25.3 Å². The van der Waals surface area contributed by atoms with Crippen molar-refractivity contribution < 1.29 is 4.79 Å². The highest BCUT2D eigenvalue weighted by atomic mass is 16.1. The molecule has 0 atom stereocenters. The first-order chi connectivity index (χ1) is 11.2. The van der Waals surface area contributed by atoms with Crippen LogP contribution in [0.4, 0.5) is 11.5 Å². The van der Waals surface area contributed by atoms with Gasteiger partial charge in [-0.05, 0) is 24.3 Å². The summed E-state index contributed by atoms with van der Waals surface area (Å²) in [5.74, 6) is -0.149. The van der Waals surface area contributed by atoms with E-state index in [0.29, 0.717) is 11.3 Å². The third-order valence-electron chi connectivity index (χ3n) is 3.47. The van der Waals surface area contributed by atoms with E-state index in [4.69, 9.17) is 5.73 Å². The Morgan fingerprint density at radius 1 is 1.13 bits per heavy atom. The molecular formula is C16H12N6O. The first-order valence-electron chi connectivity index (χ1n) is 6.97.